The molecule has 0 radical (unpaired) electrons. The molecule has 3 aromatic rings. The predicted octanol–water partition coefficient (Wildman–Crippen LogP) is 3.31. The SMILES string of the molecule is O=C(c1ccc(S(=O)(=O)c2cccc(Cl)c2)cc1)N1CC(N2CCN(C(O)c3ccccc3)CC2)C1. The maximum absolute atomic E-state index is 12.9. The van der Waals surface area contributed by atoms with Crippen LogP contribution in [0.25, 0.3) is 0 Å². The number of aliphatic hydroxyl groups is 1. The number of hydrogen-bond donors (Lipinski definition) is 1. The average molecular weight is 526 g/mol. The molecule has 1 unspecified atom stereocenters. The highest BCUT2D eigenvalue weighted by Crippen LogP contribution is 2.26. The molecule has 2 saturated heterocycles. The van der Waals surface area contributed by atoms with Gasteiger partial charge in [0.25, 0.3) is 5.91 Å². The van der Waals surface area contributed by atoms with Gasteiger partial charge in [0.15, 0.2) is 0 Å². The van der Waals surface area contributed by atoms with Crippen LogP contribution in [0.4, 0.5) is 0 Å². The maximum atomic E-state index is 12.9. The lowest BCUT2D eigenvalue weighted by Crippen LogP contribution is -2.64. The van der Waals surface area contributed by atoms with Crippen LogP contribution in [0, 0.1) is 0 Å². The van der Waals surface area contributed by atoms with E-state index in [1.807, 2.05) is 30.3 Å². The van der Waals surface area contributed by atoms with Crippen molar-refractivity contribution in [1.82, 2.24) is 14.7 Å². The van der Waals surface area contributed by atoms with E-state index in [2.05, 4.69) is 9.80 Å². The van der Waals surface area contributed by atoms with Crippen LogP contribution in [0.3, 0.4) is 0 Å². The molecule has 0 saturated carbocycles. The van der Waals surface area contributed by atoms with Gasteiger partial charge in [-0.15, -0.1) is 0 Å². The van der Waals surface area contributed by atoms with Gasteiger partial charge in [-0.25, -0.2) is 8.42 Å². The van der Waals surface area contributed by atoms with Gasteiger partial charge in [-0.1, -0.05) is 48.0 Å². The summed E-state index contributed by atoms with van der Waals surface area (Å²) in [7, 11) is -3.71. The highest BCUT2D eigenvalue weighted by Gasteiger charge is 2.37. The van der Waals surface area contributed by atoms with Gasteiger partial charge in [0, 0.05) is 55.9 Å². The highest BCUT2D eigenvalue weighted by atomic mass is 35.5. The van der Waals surface area contributed by atoms with E-state index in [9.17, 15) is 18.3 Å². The van der Waals surface area contributed by atoms with Gasteiger partial charge in [0.05, 0.1) is 9.79 Å². The molecule has 36 heavy (non-hydrogen) atoms. The molecule has 0 spiro atoms. The summed E-state index contributed by atoms with van der Waals surface area (Å²) in [5.41, 5.74) is 1.37. The summed E-state index contributed by atoms with van der Waals surface area (Å²) in [6.07, 6.45) is -0.599. The molecule has 0 aliphatic carbocycles. The lowest BCUT2D eigenvalue weighted by Gasteiger charge is -2.48. The summed E-state index contributed by atoms with van der Waals surface area (Å²) < 4.78 is 25.7. The maximum Gasteiger partial charge on any atom is 0.253 e. The van der Waals surface area contributed by atoms with E-state index in [0.717, 1.165) is 31.7 Å². The number of carbonyl (C=O) groups excluding carboxylic acids is 1. The number of amides is 1. The van der Waals surface area contributed by atoms with Crippen molar-refractivity contribution in [2.45, 2.75) is 22.1 Å². The first-order valence-corrected chi connectivity index (χ1v) is 13.8. The number of sulfone groups is 1. The topological polar surface area (TPSA) is 81.2 Å². The molecule has 9 heteroatoms. The van der Waals surface area contributed by atoms with Crippen molar-refractivity contribution in [3.05, 3.63) is 95.0 Å². The number of carbonyl (C=O) groups is 1. The molecular formula is C27H28ClN3O4S. The Morgan fingerprint density at radius 1 is 0.861 bits per heavy atom. The van der Waals surface area contributed by atoms with Gasteiger partial charge in [-0.3, -0.25) is 14.6 Å². The molecule has 3 aromatic carbocycles. The second kappa shape index (κ2) is 10.3. The number of rotatable bonds is 6. The minimum atomic E-state index is -3.71. The molecule has 5 rings (SSSR count). The van der Waals surface area contributed by atoms with Crippen molar-refractivity contribution < 1.29 is 18.3 Å². The van der Waals surface area contributed by atoms with Gasteiger partial charge >= 0.3 is 0 Å². The van der Waals surface area contributed by atoms with E-state index in [-0.39, 0.29) is 15.7 Å². The van der Waals surface area contributed by atoms with Crippen molar-refractivity contribution in [2.75, 3.05) is 39.3 Å². The first kappa shape index (κ1) is 24.9. The Hall–Kier alpha value is -2.75. The largest absolute Gasteiger partial charge is 0.374 e. The number of piperazine rings is 1. The third-order valence-corrected chi connectivity index (χ3v) is 8.98. The minimum Gasteiger partial charge on any atom is -0.374 e. The molecule has 1 atom stereocenters. The van der Waals surface area contributed by atoms with E-state index < -0.39 is 16.1 Å². The molecule has 2 heterocycles. The lowest BCUT2D eigenvalue weighted by molar-refractivity contribution is -0.0499. The number of likely N-dealkylation sites (tertiary alicyclic amines) is 1. The molecule has 7 nitrogen and oxygen atoms in total. The number of hydrogen-bond acceptors (Lipinski definition) is 6. The third-order valence-electron chi connectivity index (χ3n) is 6.98. The Balaban J connectivity index is 1.14. The normalized spacial score (nSPS) is 18.6. The number of nitrogens with zero attached hydrogens (tertiary/aromatic N) is 3. The molecular weight excluding hydrogens is 498 g/mol. The van der Waals surface area contributed by atoms with Gasteiger partial charge in [-0.05, 0) is 48.0 Å². The van der Waals surface area contributed by atoms with Crippen molar-refractivity contribution in [3.63, 3.8) is 0 Å². The molecule has 1 amide bonds. The van der Waals surface area contributed by atoms with Crippen LogP contribution in [-0.2, 0) is 9.84 Å². The van der Waals surface area contributed by atoms with Gasteiger partial charge in [0.1, 0.15) is 6.23 Å². The molecule has 2 fully saturated rings. The summed E-state index contributed by atoms with van der Waals surface area (Å²) in [5.74, 6) is -0.101. The first-order chi connectivity index (χ1) is 17.3. The van der Waals surface area contributed by atoms with Crippen LogP contribution < -0.4 is 0 Å². The second-order valence-electron chi connectivity index (χ2n) is 9.21. The minimum absolute atomic E-state index is 0.101. The van der Waals surface area contributed by atoms with Gasteiger partial charge < -0.3 is 10.0 Å². The highest BCUT2D eigenvalue weighted by molar-refractivity contribution is 7.91. The van der Waals surface area contributed by atoms with Crippen molar-refractivity contribution in [3.8, 4) is 0 Å². The van der Waals surface area contributed by atoms with Gasteiger partial charge in [0.2, 0.25) is 9.84 Å². The van der Waals surface area contributed by atoms with Gasteiger partial charge in [-0.2, -0.15) is 0 Å². The van der Waals surface area contributed by atoms with Crippen molar-refractivity contribution in [1.29, 1.82) is 0 Å². The van der Waals surface area contributed by atoms with Crippen LogP contribution in [0.2, 0.25) is 5.02 Å². The number of benzene rings is 3. The van der Waals surface area contributed by atoms with Crippen LogP contribution >= 0.6 is 11.6 Å². The molecule has 2 aliphatic rings. The van der Waals surface area contributed by atoms with Crippen LogP contribution in [0.15, 0.2) is 88.7 Å². The summed E-state index contributed by atoms with van der Waals surface area (Å²) in [6, 6.07) is 22.2. The zero-order chi connectivity index (χ0) is 25.3. The van der Waals surface area contributed by atoms with E-state index in [1.54, 1.807) is 29.2 Å². The summed E-state index contributed by atoms with van der Waals surface area (Å²) >= 11 is 5.95. The van der Waals surface area contributed by atoms with E-state index in [0.29, 0.717) is 29.7 Å². The zero-order valence-electron chi connectivity index (χ0n) is 19.7. The standard InChI is InChI=1S/C27H28ClN3O4S/c28-22-7-4-8-25(17-22)36(34,35)24-11-9-21(10-12-24)27(33)31-18-23(19-31)29-13-15-30(16-14-29)26(32)20-5-2-1-3-6-20/h1-12,17,23,26,32H,13-16,18-19H2. The molecule has 2 aliphatic heterocycles. The third kappa shape index (κ3) is 5.05. The average Bonchev–Trinajstić information content (AvgIpc) is 2.88. The first-order valence-electron chi connectivity index (χ1n) is 11.9. The lowest BCUT2D eigenvalue weighted by atomic mass is 10.0. The summed E-state index contributed by atoms with van der Waals surface area (Å²) in [5, 5.41) is 11.0. The Morgan fingerprint density at radius 3 is 2.17 bits per heavy atom. The zero-order valence-corrected chi connectivity index (χ0v) is 21.3. The summed E-state index contributed by atoms with van der Waals surface area (Å²) in [4.78, 5) is 19.4. The van der Waals surface area contributed by atoms with Crippen LogP contribution in [0.5, 0.6) is 0 Å². The Labute approximate surface area is 216 Å². The fourth-order valence-corrected chi connectivity index (χ4v) is 6.33. The molecule has 0 bridgehead atoms. The Bertz CT molecular complexity index is 1320. The number of halogens is 1. The quantitative estimate of drug-likeness (QED) is 0.532. The monoisotopic (exact) mass is 525 g/mol. The molecule has 188 valence electrons. The van der Waals surface area contributed by atoms with Crippen molar-refractivity contribution >= 4 is 27.3 Å². The predicted molar refractivity (Wildman–Crippen MR) is 138 cm³/mol. The fourth-order valence-electron chi connectivity index (χ4n) is 4.76. The van der Waals surface area contributed by atoms with E-state index >= 15 is 0 Å². The smallest absolute Gasteiger partial charge is 0.253 e. The van der Waals surface area contributed by atoms with E-state index in [4.69, 9.17) is 11.6 Å². The number of aliphatic hydroxyl groups excluding tert-OH is 1. The molecule has 0 aromatic heterocycles. The van der Waals surface area contributed by atoms with E-state index in [1.165, 1.54) is 24.3 Å². The Kier molecular flexibility index (Phi) is 7.14. The fraction of sp³-hybridized carbons (Fsp3) is 0.296. The van der Waals surface area contributed by atoms with Crippen molar-refractivity contribution in [2.24, 2.45) is 0 Å². The second-order valence-corrected chi connectivity index (χ2v) is 11.6. The summed E-state index contributed by atoms with van der Waals surface area (Å²) in [6.45, 7) is 4.50. The molecule has 1 N–H and O–H groups in total. The Morgan fingerprint density at radius 2 is 1.53 bits per heavy atom. The van der Waals surface area contributed by atoms with Crippen LogP contribution in [-0.4, -0.2) is 79.4 Å². The van der Waals surface area contributed by atoms with Crippen LogP contribution in [0.1, 0.15) is 22.1 Å².